The Bertz CT molecular complexity index is 1020. The van der Waals surface area contributed by atoms with E-state index in [9.17, 15) is 22.7 Å². The molecule has 8 nitrogen and oxygen atoms in total. The number of hydrogen-bond donors (Lipinski definition) is 4. The molecule has 0 spiro atoms. The van der Waals surface area contributed by atoms with Crippen molar-refractivity contribution in [3.63, 3.8) is 0 Å². The second-order valence-corrected chi connectivity index (χ2v) is 9.56. The van der Waals surface area contributed by atoms with Crippen LogP contribution in [0.4, 0.5) is 14.9 Å². The number of aliphatic hydroxyl groups excluding tert-OH is 1. The fourth-order valence-corrected chi connectivity index (χ4v) is 4.72. The molecule has 2 amide bonds. The first kappa shape index (κ1) is 24.4. The Labute approximate surface area is 191 Å². The molecule has 1 fully saturated rings. The van der Waals surface area contributed by atoms with Gasteiger partial charge >= 0.3 is 6.03 Å². The van der Waals surface area contributed by atoms with Crippen molar-refractivity contribution in [1.82, 2.24) is 10.0 Å². The van der Waals surface area contributed by atoms with Crippen LogP contribution in [0.25, 0.3) is 0 Å². The van der Waals surface area contributed by atoms with Gasteiger partial charge in [0.05, 0.1) is 18.8 Å². The SMILES string of the molecule is O=C(Nc1ccc(Cl)cc1)N[C@H]1CC[C@H](CCNS(=O)(=O)c2ccccc2F)O[C@H]1CO. The van der Waals surface area contributed by atoms with E-state index in [2.05, 4.69) is 15.4 Å². The van der Waals surface area contributed by atoms with E-state index < -0.39 is 38.9 Å². The first-order valence-corrected chi connectivity index (χ1v) is 12.0. The van der Waals surface area contributed by atoms with Gasteiger partial charge < -0.3 is 20.5 Å². The number of amides is 2. The number of hydrogen-bond acceptors (Lipinski definition) is 5. The fraction of sp³-hybridized carbons (Fsp3) is 0.381. The van der Waals surface area contributed by atoms with E-state index in [0.717, 1.165) is 6.07 Å². The fourth-order valence-electron chi connectivity index (χ4n) is 3.47. The zero-order chi connectivity index (χ0) is 23.1. The van der Waals surface area contributed by atoms with Crippen LogP contribution in [0, 0.1) is 5.82 Å². The molecular formula is C21H25ClFN3O5S. The molecule has 2 aromatic rings. The molecular weight excluding hydrogens is 461 g/mol. The molecule has 11 heteroatoms. The number of urea groups is 1. The highest BCUT2D eigenvalue weighted by molar-refractivity contribution is 7.89. The molecule has 4 N–H and O–H groups in total. The maximum atomic E-state index is 13.7. The van der Waals surface area contributed by atoms with E-state index in [1.54, 1.807) is 24.3 Å². The highest BCUT2D eigenvalue weighted by Gasteiger charge is 2.32. The van der Waals surface area contributed by atoms with Crippen LogP contribution in [-0.2, 0) is 14.8 Å². The number of benzene rings is 2. The molecule has 2 aromatic carbocycles. The number of rotatable bonds is 8. The summed E-state index contributed by atoms with van der Waals surface area (Å²) in [6, 6.07) is 11.0. The average molecular weight is 486 g/mol. The molecule has 1 heterocycles. The van der Waals surface area contributed by atoms with Crippen LogP contribution in [0.15, 0.2) is 53.4 Å². The molecule has 1 saturated heterocycles. The van der Waals surface area contributed by atoms with Crippen LogP contribution in [-0.4, -0.2) is 51.0 Å². The number of carbonyl (C=O) groups excluding carboxylic acids is 1. The second-order valence-electron chi connectivity index (χ2n) is 7.39. The highest BCUT2D eigenvalue weighted by Crippen LogP contribution is 2.22. The molecule has 32 heavy (non-hydrogen) atoms. The Kier molecular flexibility index (Phi) is 8.44. The van der Waals surface area contributed by atoms with Crippen molar-refractivity contribution in [1.29, 1.82) is 0 Å². The van der Waals surface area contributed by atoms with Gasteiger partial charge in [0, 0.05) is 17.3 Å². The third-order valence-corrected chi connectivity index (χ3v) is 6.85. The van der Waals surface area contributed by atoms with Gasteiger partial charge in [-0.25, -0.2) is 22.3 Å². The molecule has 0 radical (unpaired) electrons. The van der Waals surface area contributed by atoms with Crippen molar-refractivity contribution >= 4 is 33.3 Å². The lowest BCUT2D eigenvalue weighted by Crippen LogP contribution is -2.52. The number of sulfonamides is 1. The maximum absolute atomic E-state index is 13.7. The smallest absolute Gasteiger partial charge is 0.319 e. The quantitative estimate of drug-likeness (QED) is 0.458. The van der Waals surface area contributed by atoms with Crippen molar-refractivity contribution in [2.24, 2.45) is 0 Å². The molecule has 174 valence electrons. The summed E-state index contributed by atoms with van der Waals surface area (Å²) >= 11 is 5.83. The van der Waals surface area contributed by atoms with Crippen LogP contribution in [0.1, 0.15) is 19.3 Å². The van der Waals surface area contributed by atoms with E-state index in [-0.39, 0.29) is 19.3 Å². The summed E-state index contributed by atoms with van der Waals surface area (Å²) in [6.45, 7) is -0.252. The zero-order valence-electron chi connectivity index (χ0n) is 17.1. The van der Waals surface area contributed by atoms with Gasteiger partial charge in [-0.1, -0.05) is 23.7 Å². The summed E-state index contributed by atoms with van der Waals surface area (Å²) in [5.41, 5.74) is 0.573. The predicted octanol–water partition coefficient (Wildman–Crippen LogP) is 2.88. The maximum Gasteiger partial charge on any atom is 0.319 e. The number of anilines is 1. The third kappa shape index (κ3) is 6.63. The first-order valence-electron chi connectivity index (χ1n) is 10.1. The minimum atomic E-state index is -3.97. The van der Waals surface area contributed by atoms with Crippen molar-refractivity contribution < 1.29 is 27.4 Å². The molecule has 0 bridgehead atoms. The minimum Gasteiger partial charge on any atom is -0.394 e. The summed E-state index contributed by atoms with van der Waals surface area (Å²) in [5.74, 6) is -0.819. The molecule has 0 aromatic heterocycles. The van der Waals surface area contributed by atoms with Gasteiger partial charge in [0.2, 0.25) is 10.0 Å². The molecule has 0 aliphatic carbocycles. The number of nitrogens with one attached hydrogen (secondary N) is 3. The van der Waals surface area contributed by atoms with Crippen molar-refractivity contribution in [3.8, 4) is 0 Å². The first-order chi connectivity index (χ1) is 15.3. The van der Waals surface area contributed by atoms with E-state index in [1.165, 1.54) is 18.2 Å². The predicted molar refractivity (Wildman–Crippen MR) is 119 cm³/mol. The molecule has 3 atom stereocenters. The normalized spacial score (nSPS) is 21.2. The van der Waals surface area contributed by atoms with Gasteiger partial charge in [-0.2, -0.15) is 0 Å². The van der Waals surface area contributed by atoms with Crippen LogP contribution >= 0.6 is 11.6 Å². The van der Waals surface area contributed by atoms with Crippen LogP contribution in [0.5, 0.6) is 0 Å². The zero-order valence-corrected chi connectivity index (χ0v) is 18.7. The Balaban J connectivity index is 1.47. The highest BCUT2D eigenvalue weighted by atomic mass is 35.5. The monoisotopic (exact) mass is 485 g/mol. The summed E-state index contributed by atoms with van der Waals surface area (Å²) in [5, 5.41) is 15.7. The van der Waals surface area contributed by atoms with E-state index >= 15 is 0 Å². The van der Waals surface area contributed by atoms with Crippen LogP contribution in [0.3, 0.4) is 0 Å². The Morgan fingerprint density at radius 3 is 2.56 bits per heavy atom. The van der Waals surface area contributed by atoms with Gasteiger partial charge in [-0.05, 0) is 55.7 Å². The largest absolute Gasteiger partial charge is 0.394 e. The lowest BCUT2D eigenvalue weighted by atomic mass is 9.97. The molecule has 0 saturated carbocycles. The van der Waals surface area contributed by atoms with Crippen molar-refractivity contribution in [2.75, 3.05) is 18.5 Å². The standard InChI is InChI=1S/C21H25ClFN3O5S/c22-14-5-7-15(8-6-14)25-21(28)26-18-10-9-16(31-19(18)13-27)11-12-24-32(29,30)20-4-2-1-3-17(20)23/h1-8,16,18-19,24,27H,9-13H2,(H2,25,26,28)/t16-,18+,19+/m1/s1. The summed E-state index contributed by atoms with van der Waals surface area (Å²) < 4.78 is 46.5. The van der Waals surface area contributed by atoms with Gasteiger partial charge in [0.15, 0.2) is 0 Å². The average Bonchev–Trinajstić information content (AvgIpc) is 2.76. The van der Waals surface area contributed by atoms with Gasteiger partial charge in [0.25, 0.3) is 0 Å². The van der Waals surface area contributed by atoms with Crippen LogP contribution in [0.2, 0.25) is 5.02 Å². The van der Waals surface area contributed by atoms with Crippen molar-refractivity contribution in [3.05, 3.63) is 59.4 Å². The minimum absolute atomic E-state index is 0.0502. The number of halogens is 2. The van der Waals surface area contributed by atoms with E-state index in [1.807, 2.05) is 0 Å². The topological polar surface area (TPSA) is 117 Å². The lowest BCUT2D eigenvalue weighted by Gasteiger charge is -2.36. The second kappa shape index (κ2) is 11.1. The molecule has 1 aliphatic heterocycles. The number of carbonyl (C=O) groups is 1. The lowest BCUT2D eigenvalue weighted by molar-refractivity contribution is -0.0884. The summed E-state index contributed by atoms with van der Waals surface area (Å²) in [4.78, 5) is 11.8. The molecule has 3 rings (SSSR count). The van der Waals surface area contributed by atoms with Crippen molar-refractivity contribution in [2.45, 2.75) is 42.4 Å². The Morgan fingerprint density at radius 1 is 1.16 bits per heavy atom. The van der Waals surface area contributed by atoms with Gasteiger partial charge in [-0.3, -0.25) is 0 Å². The van der Waals surface area contributed by atoms with Gasteiger partial charge in [-0.15, -0.1) is 0 Å². The Morgan fingerprint density at radius 2 is 1.88 bits per heavy atom. The van der Waals surface area contributed by atoms with E-state index in [0.29, 0.717) is 30.0 Å². The summed E-state index contributed by atoms with van der Waals surface area (Å²) in [7, 11) is -3.97. The Hall–Kier alpha value is -2.24. The molecule has 0 unspecified atom stereocenters. The van der Waals surface area contributed by atoms with E-state index in [4.69, 9.17) is 16.3 Å². The third-order valence-electron chi connectivity index (χ3n) is 5.10. The molecule has 1 aliphatic rings. The van der Waals surface area contributed by atoms with Gasteiger partial charge in [0.1, 0.15) is 16.8 Å². The number of ether oxygens (including phenoxy) is 1. The van der Waals surface area contributed by atoms with Crippen LogP contribution < -0.4 is 15.4 Å². The summed E-state index contributed by atoms with van der Waals surface area (Å²) in [6.07, 6.45) is 0.502. The number of aliphatic hydroxyl groups is 1.